The van der Waals surface area contributed by atoms with Crippen LogP contribution < -0.4 is 10.1 Å². The highest BCUT2D eigenvalue weighted by molar-refractivity contribution is 5.87. The summed E-state index contributed by atoms with van der Waals surface area (Å²) in [5.74, 6) is -0.251. The largest absolute Gasteiger partial charge is 0.492 e. The second kappa shape index (κ2) is 7.45. The third-order valence-electron chi connectivity index (χ3n) is 3.23. The van der Waals surface area contributed by atoms with Gasteiger partial charge in [-0.05, 0) is 42.3 Å². The minimum atomic E-state index is -0.929. The first kappa shape index (κ1) is 15.1. The Labute approximate surface area is 124 Å². The van der Waals surface area contributed by atoms with E-state index in [2.05, 4.69) is 24.4 Å². The Kier molecular flexibility index (Phi) is 5.35. The van der Waals surface area contributed by atoms with Crippen LogP contribution in [0.2, 0.25) is 0 Å². The van der Waals surface area contributed by atoms with Gasteiger partial charge in [0.25, 0.3) is 0 Å². The van der Waals surface area contributed by atoms with Crippen LogP contribution in [0.15, 0.2) is 48.5 Å². The van der Waals surface area contributed by atoms with Crippen molar-refractivity contribution in [2.75, 3.05) is 13.2 Å². The molecule has 0 heterocycles. The molecule has 4 nitrogen and oxygen atoms in total. The monoisotopic (exact) mass is 285 g/mol. The second-order valence-electron chi connectivity index (χ2n) is 4.78. The minimum absolute atomic E-state index is 0.264. The maximum Gasteiger partial charge on any atom is 0.335 e. The van der Waals surface area contributed by atoms with Crippen LogP contribution in [0.1, 0.15) is 21.5 Å². The molecule has 0 amide bonds. The van der Waals surface area contributed by atoms with Gasteiger partial charge in [-0.2, -0.15) is 0 Å². The molecule has 0 aromatic heterocycles. The summed E-state index contributed by atoms with van der Waals surface area (Å²) in [6, 6.07) is 14.7. The van der Waals surface area contributed by atoms with Crippen molar-refractivity contribution in [1.29, 1.82) is 0 Å². The number of rotatable bonds is 7. The highest BCUT2D eigenvalue weighted by Crippen LogP contribution is 2.12. The molecule has 2 aromatic carbocycles. The zero-order valence-corrected chi connectivity index (χ0v) is 12.0. The van der Waals surface area contributed by atoms with Crippen molar-refractivity contribution in [2.45, 2.75) is 13.5 Å². The molecule has 0 aliphatic carbocycles. The third-order valence-corrected chi connectivity index (χ3v) is 3.23. The maximum atomic E-state index is 10.7. The molecule has 21 heavy (non-hydrogen) atoms. The van der Waals surface area contributed by atoms with Crippen molar-refractivity contribution in [3.8, 4) is 5.75 Å². The molecule has 0 aliphatic rings. The molecule has 0 spiro atoms. The number of hydrogen-bond donors (Lipinski definition) is 2. The third kappa shape index (κ3) is 4.61. The number of hydrogen-bond acceptors (Lipinski definition) is 3. The average molecular weight is 285 g/mol. The molecule has 4 heteroatoms. The van der Waals surface area contributed by atoms with Gasteiger partial charge in [0.05, 0.1) is 5.56 Å². The molecule has 0 saturated heterocycles. The van der Waals surface area contributed by atoms with Crippen LogP contribution in [0.5, 0.6) is 5.75 Å². The van der Waals surface area contributed by atoms with Gasteiger partial charge in [-0.25, -0.2) is 4.79 Å². The van der Waals surface area contributed by atoms with Gasteiger partial charge in [-0.3, -0.25) is 0 Å². The number of aromatic carboxylic acids is 1. The predicted molar refractivity (Wildman–Crippen MR) is 81.8 cm³/mol. The Balaban J connectivity index is 1.70. The summed E-state index contributed by atoms with van der Waals surface area (Å²) in [6.45, 7) is 4.18. The quantitative estimate of drug-likeness (QED) is 0.768. The van der Waals surface area contributed by atoms with E-state index in [4.69, 9.17) is 9.84 Å². The van der Waals surface area contributed by atoms with E-state index in [0.29, 0.717) is 12.4 Å². The van der Waals surface area contributed by atoms with Gasteiger partial charge in [0.1, 0.15) is 12.4 Å². The van der Waals surface area contributed by atoms with Crippen molar-refractivity contribution < 1.29 is 14.6 Å². The molecule has 0 saturated carbocycles. The molecule has 110 valence electrons. The summed E-state index contributed by atoms with van der Waals surface area (Å²) in [5, 5.41) is 12.1. The number of nitrogens with one attached hydrogen (secondary N) is 1. The average Bonchev–Trinajstić information content (AvgIpc) is 2.49. The molecular weight excluding hydrogens is 266 g/mol. The second-order valence-corrected chi connectivity index (χ2v) is 4.78. The lowest BCUT2D eigenvalue weighted by Gasteiger charge is -2.09. The Morgan fingerprint density at radius 3 is 2.52 bits per heavy atom. The lowest BCUT2D eigenvalue weighted by molar-refractivity contribution is 0.0697. The Bertz CT molecular complexity index is 593. The summed E-state index contributed by atoms with van der Waals surface area (Å²) in [4.78, 5) is 10.7. The van der Waals surface area contributed by atoms with E-state index in [1.165, 1.54) is 11.1 Å². The number of carbonyl (C=O) groups is 1. The number of carboxylic acid groups (broad SMARTS) is 1. The molecular formula is C17H19NO3. The van der Waals surface area contributed by atoms with Crippen LogP contribution in [-0.2, 0) is 6.54 Å². The number of carboxylic acids is 1. The van der Waals surface area contributed by atoms with Crippen LogP contribution in [0.4, 0.5) is 0 Å². The van der Waals surface area contributed by atoms with Gasteiger partial charge in [0, 0.05) is 13.1 Å². The summed E-state index contributed by atoms with van der Waals surface area (Å²) < 4.78 is 5.55. The highest BCUT2D eigenvalue weighted by Gasteiger charge is 2.02. The topological polar surface area (TPSA) is 58.6 Å². The fourth-order valence-electron chi connectivity index (χ4n) is 1.97. The van der Waals surface area contributed by atoms with Crippen LogP contribution in [0.25, 0.3) is 0 Å². The van der Waals surface area contributed by atoms with Gasteiger partial charge >= 0.3 is 5.97 Å². The normalized spacial score (nSPS) is 10.3. The highest BCUT2D eigenvalue weighted by atomic mass is 16.5. The van der Waals surface area contributed by atoms with E-state index in [0.717, 1.165) is 13.1 Å². The van der Waals surface area contributed by atoms with Crippen LogP contribution in [-0.4, -0.2) is 24.2 Å². The Morgan fingerprint density at radius 2 is 1.86 bits per heavy atom. The molecule has 0 atom stereocenters. The SMILES string of the molecule is Cc1ccccc1CNCCOc1ccc(C(=O)O)cc1. The Hall–Kier alpha value is -2.33. The summed E-state index contributed by atoms with van der Waals surface area (Å²) >= 11 is 0. The van der Waals surface area contributed by atoms with Gasteiger partial charge in [-0.15, -0.1) is 0 Å². The fraction of sp³-hybridized carbons (Fsp3) is 0.235. The molecule has 0 radical (unpaired) electrons. The van der Waals surface area contributed by atoms with Crippen molar-refractivity contribution >= 4 is 5.97 Å². The molecule has 0 fully saturated rings. The number of ether oxygens (including phenoxy) is 1. The molecule has 0 bridgehead atoms. The van der Waals surface area contributed by atoms with E-state index in [9.17, 15) is 4.79 Å². The van der Waals surface area contributed by atoms with Crippen LogP contribution in [0.3, 0.4) is 0 Å². The standard InChI is InChI=1S/C17H19NO3/c1-13-4-2-3-5-15(13)12-18-10-11-21-16-8-6-14(7-9-16)17(19)20/h2-9,18H,10-12H2,1H3,(H,19,20). The van der Waals surface area contributed by atoms with Crippen molar-refractivity contribution in [3.05, 3.63) is 65.2 Å². The summed E-state index contributed by atoms with van der Waals surface area (Å²) in [6.07, 6.45) is 0. The zero-order valence-electron chi connectivity index (χ0n) is 12.0. The van der Waals surface area contributed by atoms with Gasteiger partial charge in [-0.1, -0.05) is 24.3 Å². The predicted octanol–water partition coefficient (Wildman–Crippen LogP) is 2.86. The smallest absolute Gasteiger partial charge is 0.335 e. The summed E-state index contributed by atoms with van der Waals surface area (Å²) in [5.41, 5.74) is 2.82. The van der Waals surface area contributed by atoms with E-state index in [1.54, 1.807) is 24.3 Å². The molecule has 0 unspecified atom stereocenters. The number of benzene rings is 2. The van der Waals surface area contributed by atoms with E-state index >= 15 is 0 Å². The molecule has 2 aromatic rings. The Morgan fingerprint density at radius 1 is 1.14 bits per heavy atom. The van der Waals surface area contributed by atoms with Gasteiger partial charge in [0.15, 0.2) is 0 Å². The van der Waals surface area contributed by atoms with E-state index < -0.39 is 5.97 Å². The van der Waals surface area contributed by atoms with Crippen molar-refractivity contribution in [2.24, 2.45) is 0 Å². The summed E-state index contributed by atoms with van der Waals surface area (Å²) in [7, 11) is 0. The first-order valence-corrected chi connectivity index (χ1v) is 6.88. The minimum Gasteiger partial charge on any atom is -0.492 e. The maximum absolute atomic E-state index is 10.7. The zero-order chi connectivity index (χ0) is 15.1. The molecule has 2 rings (SSSR count). The molecule has 2 N–H and O–H groups in total. The number of aryl methyl sites for hydroxylation is 1. The van der Waals surface area contributed by atoms with Crippen LogP contribution >= 0.6 is 0 Å². The van der Waals surface area contributed by atoms with Crippen LogP contribution in [0, 0.1) is 6.92 Å². The fourth-order valence-corrected chi connectivity index (χ4v) is 1.97. The van der Waals surface area contributed by atoms with Gasteiger partial charge < -0.3 is 15.2 Å². The lowest BCUT2D eigenvalue weighted by Crippen LogP contribution is -2.21. The van der Waals surface area contributed by atoms with Crippen molar-refractivity contribution in [3.63, 3.8) is 0 Å². The first-order chi connectivity index (χ1) is 10.2. The first-order valence-electron chi connectivity index (χ1n) is 6.88. The lowest BCUT2D eigenvalue weighted by atomic mass is 10.1. The van der Waals surface area contributed by atoms with Crippen molar-refractivity contribution in [1.82, 2.24) is 5.32 Å². The van der Waals surface area contributed by atoms with Gasteiger partial charge in [0.2, 0.25) is 0 Å². The van der Waals surface area contributed by atoms with E-state index in [1.807, 2.05) is 12.1 Å². The van der Waals surface area contributed by atoms with E-state index in [-0.39, 0.29) is 5.56 Å². The molecule has 0 aliphatic heterocycles.